The molecule has 4 rings (SSSR count). The van der Waals surface area contributed by atoms with E-state index in [0.29, 0.717) is 5.41 Å². The summed E-state index contributed by atoms with van der Waals surface area (Å²) in [7, 11) is -3.70. The van der Waals surface area contributed by atoms with Crippen LogP contribution in [0.5, 0.6) is 0 Å². The van der Waals surface area contributed by atoms with Gasteiger partial charge >= 0.3 is 0 Å². The quantitative estimate of drug-likeness (QED) is 0.929. The van der Waals surface area contributed by atoms with Crippen molar-refractivity contribution in [2.75, 3.05) is 0 Å². The standard InChI is InChI=1S/C19H20N2O2S/c1-13-2-4-14(5-3-13)16-10-19(8-9-19)11-17(16)18-7-6-15(12-21-18)24(20,22)23/h2-7,12H,8-11H2,1H3,(H2,20,22,23). The summed E-state index contributed by atoms with van der Waals surface area (Å²) in [4.78, 5) is 4.45. The molecule has 5 heteroatoms. The van der Waals surface area contributed by atoms with Gasteiger partial charge in [-0.15, -0.1) is 0 Å². The summed E-state index contributed by atoms with van der Waals surface area (Å²) in [6, 6.07) is 11.9. The molecule has 1 spiro atoms. The minimum absolute atomic E-state index is 0.0582. The highest BCUT2D eigenvalue weighted by molar-refractivity contribution is 7.89. The van der Waals surface area contributed by atoms with E-state index in [9.17, 15) is 8.42 Å². The fourth-order valence-corrected chi connectivity index (χ4v) is 4.02. The van der Waals surface area contributed by atoms with Gasteiger partial charge in [-0.3, -0.25) is 4.98 Å². The monoisotopic (exact) mass is 340 g/mol. The molecule has 0 unspecified atom stereocenters. The van der Waals surface area contributed by atoms with E-state index in [2.05, 4.69) is 36.2 Å². The van der Waals surface area contributed by atoms with E-state index in [1.807, 2.05) is 0 Å². The predicted molar refractivity (Wildman–Crippen MR) is 94.5 cm³/mol. The molecule has 1 heterocycles. The third-order valence-corrected chi connectivity index (χ3v) is 6.10. The lowest BCUT2D eigenvalue weighted by molar-refractivity contribution is 0.567. The van der Waals surface area contributed by atoms with Gasteiger partial charge in [-0.2, -0.15) is 0 Å². The second kappa shape index (κ2) is 5.26. The van der Waals surface area contributed by atoms with Crippen molar-refractivity contribution in [1.29, 1.82) is 0 Å². The van der Waals surface area contributed by atoms with Crippen LogP contribution in [0.3, 0.4) is 0 Å². The fourth-order valence-electron chi connectivity index (χ4n) is 3.56. The molecule has 0 amide bonds. The summed E-state index contributed by atoms with van der Waals surface area (Å²) in [5.41, 5.74) is 6.37. The maximum Gasteiger partial charge on any atom is 0.239 e. The molecule has 24 heavy (non-hydrogen) atoms. The Morgan fingerprint density at radius 3 is 2.21 bits per heavy atom. The zero-order valence-electron chi connectivity index (χ0n) is 13.6. The number of sulfonamides is 1. The molecular weight excluding hydrogens is 320 g/mol. The highest BCUT2D eigenvalue weighted by Gasteiger charge is 2.48. The van der Waals surface area contributed by atoms with Crippen LogP contribution >= 0.6 is 0 Å². The van der Waals surface area contributed by atoms with Crippen molar-refractivity contribution in [2.45, 2.75) is 37.5 Å². The normalized spacial score (nSPS) is 19.1. The van der Waals surface area contributed by atoms with Crippen LogP contribution in [0.2, 0.25) is 0 Å². The summed E-state index contributed by atoms with van der Waals surface area (Å²) in [5, 5.41) is 5.17. The van der Waals surface area contributed by atoms with Gasteiger partial charge in [0.2, 0.25) is 10.0 Å². The average Bonchev–Trinajstić information content (AvgIpc) is 3.19. The highest BCUT2D eigenvalue weighted by atomic mass is 32.2. The Morgan fingerprint density at radius 2 is 1.67 bits per heavy atom. The molecule has 124 valence electrons. The van der Waals surface area contributed by atoms with Crippen molar-refractivity contribution in [3.63, 3.8) is 0 Å². The number of allylic oxidation sites excluding steroid dienone is 2. The number of hydrogen-bond acceptors (Lipinski definition) is 3. The van der Waals surface area contributed by atoms with E-state index in [1.54, 1.807) is 12.1 Å². The maximum atomic E-state index is 11.4. The summed E-state index contributed by atoms with van der Waals surface area (Å²) in [6.07, 6.45) is 6.01. The first-order valence-electron chi connectivity index (χ1n) is 8.15. The van der Waals surface area contributed by atoms with Gasteiger partial charge in [-0.1, -0.05) is 29.8 Å². The van der Waals surface area contributed by atoms with Crippen LogP contribution in [-0.4, -0.2) is 13.4 Å². The summed E-state index contributed by atoms with van der Waals surface area (Å²) >= 11 is 0. The lowest BCUT2D eigenvalue weighted by Crippen LogP contribution is -2.12. The minimum atomic E-state index is -3.70. The van der Waals surface area contributed by atoms with E-state index in [-0.39, 0.29) is 4.90 Å². The second-order valence-corrected chi connectivity index (χ2v) is 8.66. The Labute approximate surface area is 142 Å². The number of aromatic nitrogens is 1. The first kappa shape index (κ1) is 15.5. The van der Waals surface area contributed by atoms with Crippen LogP contribution < -0.4 is 5.14 Å². The number of aryl methyl sites for hydroxylation is 1. The summed E-state index contributed by atoms with van der Waals surface area (Å²) in [6.45, 7) is 2.09. The van der Waals surface area contributed by atoms with Crippen LogP contribution in [0, 0.1) is 12.3 Å². The van der Waals surface area contributed by atoms with Crippen molar-refractivity contribution in [3.05, 3.63) is 59.4 Å². The van der Waals surface area contributed by atoms with Crippen LogP contribution in [0.15, 0.2) is 47.5 Å². The van der Waals surface area contributed by atoms with Gasteiger partial charge in [0, 0.05) is 6.20 Å². The average molecular weight is 340 g/mol. The second-order valence-electron chi connectivity index (χ2n) is 7.10. The summed E-state index contributed by atoms with van der Waals surface area (Å²) in [5.74, 6) is 0. The number of nitrogens with two attached hydrogens (primary N) is 1. The molecule has 0 aliphatic heterocycles. The molecule has 1 saturated carbocycles. The highest BCUT2D eigenvalue weighted by Crippen LogP contribution is 2.63. The van der Waals surface area contributed by atoms with Gasteiger partial charge in [0.15, 0.2) is 0 Å². The smallest absolute Gasteiger partial charge is 0.239 e. The van der Waals surface area contributed by atoms with E-state index >= 15 is 0 Å². The predicted octanol–water partition coefficient (Wildman–Crippen LogP) is 3.52. The molecular formula is C19H20N2O2S. The third-order valence-electron chi connectivity index (χ3n) is 5.20. The molecule has 2 aliphatic carbocycles. The zero-order valence-corrected chi connectivity index (χ0v) is 14.4. The molecule has 0 bridgehead atoms. The molecule has 2 aliphatic rings. The van der Waals surface area contributed by atoms with Crippen molar-refractivity contribution in [2.24, 2.45) is 10.6 Å². The number of nitrogens with zero attached hydrogens (tertiary/aromatic N) is 1. The van der Waals surface area contributed by atoms with Gasteiger partial charge in [-0.05, 0) is 66.9 Å². The number of benzene rings is 1. The van der Waals surface area contributed by atoms with Crippen LogP contribution in [0.25, 0.3) is 11.1 Å². The molecule has 0 radical (unpaired) electrons. The van der Waals surface area contributed by atoms with Crippen molar-refractivity contribution in [1.82, 2.24) is 4.98 Å². The van der Waals surface area contributed by atoms with Gasteiger partial charge in [0.25, 0.3) is 0 Å². The Bertz CT molecular complexity index is 922. The minimum Gasteiger partial charge on any atom is -0.255 e. The van der Waals surface area contributed by atoms with Gasteiger partial charge in [0.05, 0.1) is 5.69 Å². The van der Waals surface area contributed by atoms with Crippen molar-refractivity contribution >= 4 is 21.2 Å². The molecule has 0 atom stereocenters. The first-order chi connectivity index (χ1) is 11.4. The SMILES string of the molecule is Cc1ccc(C2=C(c3ccc(S(N)(=O)=O)cn3)CC3(CC3)C2)cc1. The van der Waals surface area contributed by atoms with E-state index in [1.165, 1.54) is 41.3 Å². The van der Waals surface area contributed by atoms with Crippen LogP contribution in [0.4, 0.5) is 0 Å². The number of rotatable bonds is 3. The number of primary sulfonamides is 1. The Kier molecular flexibility index (Phi) is 3.41. The lowest BCUT2D eigenvalue weighted by Gasteiger charge is -2.08. The van der Waals surface area contributed by atoms with Gasteiger partial charge in [0.1, 0.15) is 4.90 Å². The molecule has 2 N–H and O–H groups in total. The Hall–Kier alpha value is -1.98. The topological polar surface area (TPSA) is 73.1 Å². The Balaban J connectivity index is 1.77. The summed E-state index contributed by atoms with van der Waals surface area (Å²) < 4.78 is 22.8. The van der Waals surface area contributed by atoms with E-state index in [4.69, 9.17) is 5.14 Å². The fraction of sp³-hybridized carbons (Fsp3) is 0.316. The van der Waals surface area contributed by atoms with Gasteiger partial charge < -0.3 is 0 Å². The van der Waals surface area contributed by atoms with E-state index < -0.39 is 10.0 Å². The van der Waals surface area contributed by atoms with Crippen LogP contribution in [0.1, 0.15) is 42.5 Å². The largest absolute Gasteiger partial charge is 0.255 e. The third kappa shape index (κ3) is 2.78. The van der Waals surface area contributed by atoms with Crippen LogP contribution in [-0.2, 0) is 10.0 Å². The molecule has 1 aromatic heterocycles. The first-order valence-corrected chi connectivity index (χ1v) is 9.69. The molecule has 0 saturated heterocycles. The lowest BCUT2D eigenvalue weighted by atomic mass is 9.98. The Morgan fingerprint density at radius 1 is 1.00 bits per heavy atom. The molecule has 2 aromatic rings. The maximum absolute atomic E-state index is 11.4. The zero-order chi connectivity index (χ0) is 16.9. The molecule has 4 nitrogen and oxygen atoms in total. The molecule has 1 fully saturated rings. The van der Waals surface area contributed by atoms with Gasteiger partial charge in [-0.25, -0.2) is 13.6 Å². The van der Waals surface area contributed by atoms with E-state index in [0.717, 1.165) is 18.5 Å². The number of pyridine rings is 1. The van der Waals surface area contributed by atoms with Crippen molar-refractivity contribution in [3.8, 4) is 0 Å². The number of hydrogen-bond donors (Lipinski definition) is 1. The van der Waals surface area contributed by atoms with Crippen molar-refractivity contribution < 1.29 is 8.42 Å². The molecule has 1 aromatic carbocycles.